The van der Waals surface area contributed by atoms with Gasteiger partial charge < -0.3 is 14.5 Å². The fourth-order valence-electron chi connectivity index (χ4n) is 6.50. The summed E-state index contributed by atoms with van der Waals surface area (Å²) in [4.78, 5) is 31.1. The summed E-state index contributed by atoms with van der Waals surface area (Å²) >= 11 is 0. The summed E-state index contributed by atoms with van der Waals surface area (Å²) in [7, 11) is 0. The van der Waals surface area contributed by atoms with Gasteiger partial charge in [-0.15, -0.1) is 0 Å². The van der Waals surface area contributed by atoms with Gasteiger partial charge in [0.05, 0.1) is 12.0 Å². The van der Waals surface area contributed by atoms with Crippen LogP contribution in [0.2, 0.25) is 0 Å². The number of esters is 1. The number of piperidine rings is 1. The summed E-state index contributed by atoms with van der Waals surface area (Å²) in [6, 6.07) is 22.4. The summed E-state index contributed by atoms with van der Waals surface area (Å²) < 4.78 is 45.0. The molecular weight excluding hydrogens is 589 g/mol. The Morgan fingerprint density at radius 3 is 2.04 bits per heavy atom. The third kappa shape index (κ3) is 9.21. The van der Waals surface area contributed by atoms with Crippen molar-refractivity contribution < 1.29 is 27.5 Å². The van der Waals surface area contributed by atoms with Gasteiger partial charge in [-0.2, -0.15) is 13.2 Å². The molecule has 1 fully saturated rings. The molecule has 0 aliphatic carbocycles. The fourth-order valence-corrected chi connectivity index (χ4v) is 6.50. The number of halogens is 3. The normalized spacial score (nSPS) is 16.1. The molecule has 8 heteroatoms. The Morgan fingerprint density at radius 2 is 1.46 bits per heavy atom. The number of rotatable bonds is 11. The molecule has 1 saturated heterocycles. The molecule has 0 bridgehead atoms. The number of ether oxygens (including phenoxy) is 1. The van der Waals surface area contributed by atoms with Crippen LogP contribution >= 0.6 is 0 Å². The Labute approximate surface area is 271 Å². The number of carbonyl (C=O) groups is 2. The second-order valence-corrected chi connectivity index (χ2v) is 13.6. The van der Waals surface area contributed by atoms with Crippen LogP contribution in [0.3, 0.4) is 0 Å². The van der Waals surface area contributed by atoms with Gasteiger partial charge in [0, 0.05) is 36.7 Å². The number of hydrogen-bond acceptors (Lipinski definition) is 4. The average Bonchev–Trinajstić information content (AvgIpc) is 3.01. The maximum Gasteiger partial charge on any atom is 0.416 e. The topological polar surface area (TPSA) is 49.9 Å². The predicted molar refractivity (Wildman–Crippen MR) is 177 cm³/mol. The summed E-state index contributed by atoms with van der Waals surface area (Å²) in [6.45, 7) is 13.0. The molecule has 0 aromatic heterocycles. The van der Waals surface area contributed by atoms with Gasteiger partial charge >= 0.3 is 12.1 Å². The van der Waals surface area contributed by atoms with Crippen molar-refractivity contribution in [2.24, 2.45) is 0 Å². The first kappa shape index (κ1) is 35.2. The molecule has 1 heterocycles. The standard InChI is InChI=1S/C38H47F3N2O3/c1-6-43(35(45)33-16-11-10-15-32(33)28-17-19-30(20-18-28)38(39,40)41)31-21-25-42(26-22-31)24-12-23-37(5,29-13-8-7-9-14-29)27-34(44)46-36(2,3)4/h7-11,13-20,31H,6,12,21-27H2,1-5H3. The minimum atomic E-state index is -4.41. The number of nitrogens with zero attached hydrogens (tertiary/aromatic N) is 2. The second-order valence-electron chi connectivity index (χ2n) is 13.6. The molecule has 46 heavy (non-hydrogen) atoms. The van der Waals surface area contributed by atoms with Gasteiger partial charge in [-0.1, -0.05) is 67.6 Å². The van der Waals surface area contributed by atoms with Crippen LogP contribution in [0.5, 0.6) is 0 Å². The number of amides is 1. The molecule has 3 aromatic rings. The van der Waals surface area contributed by atoms with Gasteiger partial charge in [0.25, 0.3) is 5.91 Å². The number of likely N-dealkylation sites (tertiary alicyclic amines) is 1. The molecule has 0 radical (unpaired) electrons. The van der Waals surface area contributed by atoms with Crippen LogP contribution in [0, 0.1) is 0 Å². The van der Waals surface area contributed by atoms with Gasteiger partial charge in [-0.3, -0.25) is 9.59 Å². The lowest BCUT2D eigenvalue weighted by Gasteiger charge is -2.39. The van der Waals surface area contributed by atoms with E-state index in [1.165, 1.54) is 12.1 Å². The first-order valence-electron chi connectivity index (χ1n) is 16.3. The minimum Gasteiger partial charge on any atom is -0.460 e. The van der Waals surface area contributed by atoms with Crippen LogP contribution in [0.25, 0.3) is 11.1 Å². The highest BCUT2D eigenvalue weighted by atomic mass is 19.4. The molecule has 4 rings (SSSR count). The van der Waals surface area contributed by atoms with Gasteiger partial charge in [-0.25, -0.2) is 0 Å². The molecule has 1 aliphatic heterocycles. The Balaban J connectivity index is 1.37. The Kier molecular flexibility index (Phi) is 11.4. The fraction of sp³-hybridized carbons (Fsp3) is 0.474. The second kappa shape index (κ2) is 14.8. The minimum absolute atomic E-state index is 0.0798. The zero-order valence-corrected chi connectivity index (χ0v) is 27.7. The quantitative estimate of drug-likeness (QED) is 0.198. The van der Waals surface area contributed by atoms with Crippen LogP contribution in [0.1, 0.15) is 88.2 Å². The molecule has 1 atom stereocenters. The largest absolute Gasteiger partial charge is 0.460 e. The van der Waals surface area contributed by atoms with Crippen molar-refractivity contribution in [1.29, 1.82) is 0 Å². The zero-order chi connectivity index (χ0) is 33.5. The van der Waals surface area contributed by atoms with Crippen LogP contribution < -0.4 is 0 Å². The van der Waals surface area contributed by atoms with Gasteiger partial charge in [0.2, 0.25) is 0 Å². The SMILES string of the molecule is CCN(C(=O)c1ccccc1-c1ccc(C(F)(F)F)cc1)C1CCN(CCCC(C)(CC(=O)OC(C)(C)C)c2ccccc2)CC1. The van der Waals surface area contributed by atoms with E-state index in [0.717, 1.165) is 63.0 Å². The lowest BCUT2D eigenvalue weighted by Crippen LogP contribution is -2.47. The van der Waals surface area contributed by atoms with Crippen molar-refractivity contribution in [1.82, 2.24) is 9.80 Å². The molecule has 3 aromatic carbocycles. The van der Waals surface area contributed by atoms with E-state index in [1.54, 1.807) is 24.3 Å². The summed E-state index contributed by atoms with van der Waals surface area (Å²) in [5, 5.41) is 0. The molecule has 0 spiro atoms. The summed E-state index contributed by atoms with van der Waals surface area (Å²) in [6.07, 6.45) is -0.640. The Bertz CT molecular complexity index is 1440. The van der Waals surface area contributed by atoms with E-state index in [1.807, 2.05) is 50.8 Å². The number of hydrogen-bond donors (Lipinski definition) is 0. The van der Waals surface area contributed by atoms with Gasteiger partial charge in [0.1, 0.15) is 5.60 Å². The maximum atomic E-state index is 13.9. The third-order valence-corrected chi connectivity index (χ3v) is 8.91. The van der Waals surface area contributed by atoms with E-state index in [4.69, 9.17) is 4.74 Å². The molecule has 0 saturated carbocycles. The van der Waals surface area contributed by atoms with Gasteiger partial charge in [-0.05, 0) is 94.8 Å². The van der Waals surface area contributed by atoms with Crippen molar-refractivity contribution >= 4 is 11.9 Å². The highest BCUT2D eigenvalue weighted by molar-refractivity contribution is 6.01. The molecule has 1 amide bonds. The van der Waals surface area contributed by atoms with E-state index < -0.39 is 17.3 Å². The van der Waals surface area contributed by atoms with Gasteiger partial charge in [0.15, 0.2) is 0 Å². The van der Waals surface area contributed by atoms with Crippen LogP contribution in [-0.4, -0.2) is 59.5 Å². The summed E-state index contributed by atoms with van der Waals surface area (Å²) in [5.74, 6) is -0.291. The van der Waals surface area contributed by atoms with Crippen LogP contribution in [-0.2, 0) is 21.1 Å². The van der Waals surface area contributed by atoms with Crippen molar-refractivity contribution in [3.8, 4) is 11.1 Å². The molecule has 248 valence electrons. The van der Waals surface area contributed by atoms with E-state index >= 15 is 0 Å². The summed E-state index contributed by atoms with van der Waals surface area (Å²) in [5.41, 5.74) is 1.26. The zero-order valence-electron chi connectivity index (χ0n) is 27.7. The smallest absolute Gasteiger partial charge is 0.416 e. The lowest BCUT2D eigenvalue weighted by atomic mass is 9.75. The molecular formula is C38H47F3N2O3. The highest BCUT2D eigenvalue weighted by Crippen LogP contribution is 2.35. The van der Waals surface area contributed by atoms with E-state index in [0.29, 0.717) is 29.7 Å². The third-order valence-electron chi connectivity index (χ3n) is 8.91. The van der Waals surface area contributed by atoms with E-state index in [2.05, 4.69) is 24.0 Å². The first-order valence-corrected chi connectivity index (χ1v) is 16.3. The van der Waals surface area contributed by atoms with Crippen molar-refractivity contribution in [2.45, 2.75) is 90.0 Å². The highest BCUT2D eigenvalue weighted by Gasteiger charge is 2.33. The van der Waals surface area contributed by atoms with Crippen LogP contribution in [0.4, 0.5) is 13.2 Å². The Hall–Kier alpha value is -3.65. The average molecular weight is 637 g/mol. The first-order chi connectivity index (χ1) is 21.7. The molecule has 1 aliphatic rings. The van der Waals surface area contributed by atoms with Crippen molar-refractivity contribution in [3.63, 3.8) is 0 Å². The number of benzene rings is 3. The lowest BCUT2D eigenvalue weighted by molar-refractivity contribution is -0.156. The molecule has 5 nitrogen and oxygen atoms in total. The number of alkyl halides is 3. The monoisotopic (exact) mass is 636 g/mol. The van der Waals surface area contributed by atoms with E-state index in [-0.39, 0.29) is 23.3 Å². The van der Waals surface area contributed by atoms with Crippen molar-refractivity contribution in [3.05, 3.63) is 95.6 Å². The van der Waals surface area contributed by atoms with E-state index in [9.17, 15) is 22.8 Å². The number of carbonyl (C=O) groups excluding carboxylic acids is 2. The maximum absolute atomic E-state index is 13.9. The molecule has 1 unspecified atom stereocenters. The van der Waals surface area contributed by atoms with Crippen molar-refractivity contribution in [2.75, 3.05) is 26.2 Å². The van der Waals surface area contributed by atoms with Crippen LogP contribution in [0.15, 0.2) is 78.9 Å². The molecule has 0 N–H and O–H groups in total. The Morgan fingerprint density at radius 1 is 0.848 bits per heavy atom. The predicted octanol–water partition coefficient (Wildman–Crippen LogP) is 8.77.